The highest BCUT2D eigenvalue weighted by Gasteiger charge is 2.04. The van der Waals surface area contributed by atoms with Gasteiger partial charge in [0.15, 0.2) is 0 Å². The van der Waals surface area contributed by atoms with Gasteiger partial charge in [0.2, 0.25) is 0 Å². The maximum absolute atomic E-state index is 11.2. The van der Waals surface area contributed by atoms with Crippen LogP contribution in [0.25, 0.3) is 0 Å². The summed E-state index contributed by atoms with van der Waals surface area (Å²) in [5.74, 6) is 0.0745. The molecular formula is C13H14O3. The largest absolute Gasteiger partial charge is 0.497 e. The smallest absolute Gasteiger partial charge is 0.338 e. The topological polar surface area (TPSA) is 35.5 Å². The first-order valence-electron chi connectivity index (χ1n) is 4.82. The van der Waals surface area contributed by atoms with Gasteiger partial charge in [0.05, 0.1) is 6.26 Å². The van der Waals surface area contributed by atoms with Crippen LogP contribution >= 0.6 is 0 Å². The lowest BCUT2D eigenvalue weighted by atomic mass is 10.2. The van der Waals surface area contributed by atoms with Gasteiger partial charge in [0, 0.05) is 5.57 Å². The molecule has 0 saturated heterocycles. The summed E-state index contributed by atoms with van der Waals surface area (Å²) in [4.78, 5) is 11.2. The lowest BCUT2D eigenvalue weighted by Gasteiger charge is -2.05. The molecule has 3 nitrogen and oxygen atoms in total. The summed E-state index contributed by atoms with van der Waals surface area (Å²) in [6.07, 6.45) is 1.38. The molecule has 0 spiro atoms. The van der Waals surface area contributed by atoms with E-state index >= 15 is 0 Å². The van der Waals surface area contributed by atoms with Crippen LogP contribution in [0.3, 0.4) is 0 Å². The van der Waals surface area contributed by atoms with E-state index in [4.69, 9.17) is 9.47 Å². The van der Waals surface area contributed by atoms with Crippen molar-refractivity contribution in [2.24, 2.45) is 0 Å². The molecule has 3 heteroatoms. The molecule has 1 aromatic carbocycles. The third-order valence-corrected chi connectivity index (χ3v) is 1.85. The van der Waals surface area contributed by atoms with Crippen molar-refractivity contribution < 1.29 is 14.3 Å². The summed E-state index contributed by atoms with van der Waals surface area (Å²) in [5, 5.41) is 0. The van der Waals surface area contributed by atoms with Crippen LogP contribution in [0.5, 0.6) is 5.75 Å². The minimum absolute atomic E-state index is 0.374. The fourth-order valence-electron chi connectivity index (χ4n) is 1.00. The number of hydrogen-bond acceptors (Lipinski definition) is 3. The molecule has 0 aliphatic rings. The maximum Gasteiger partial charge on any atom is 0.338 e. The Morgan fingerprint density at radius 2 is 2.00 bits per heavy atom. The van der Waals surface area contributed by atoms with Crippen molar-refractivity contribution in [3.05, 3.63) is 54.8 Å². The molecule has 0 fully saturated rings. The molecule has 1 rings (SSSR count). The Balaban J connectivity index is 2.60. The van der Waals surface area contributed by atoms with E-state index in [9.17, 15) is 4.79 Å². The van der Waals surface area contributed by atoms with Gasteiger partial charge >= 0.3 is 5.97 Å². The van der Waals surface area contributed by atoms with Gasteiger partial charge in [-0.2, -0.15) is 0 Å². The molecule has 0 heterocycles. The lowest BCUT2D eigenvalue weighted by Crippen LogP contribution is -2.08. The molecular weight excluding hydrogens is 204 g/mol. The Morgan fingerprint density at radius 3 is 2.50 bits per heavy atom. The SMILES string of the molecule is C=COCc1ccc(OC(=O)C(=C)C)cc1. The van der Waals surface area contributed by atoms with E-state index in [0.717, 1.165) is 5.56 Å². The van der Waals surface area contributed by atoms with E-state index < -0.39 is 5.97 Å². The van der Waals surface area contributed by atoms with E-state index in [0.29, 0.717) is 17.9 Å². The van der Waals surface area contributed by atoms with Gasteiger partial charge in [-0.05, 0) is 24.6 Å². The summed E-state index contributed by atoms with van der Waals surface area (Å²) in [6.45, 7) is 9.02. The van der Waals surface area contributed by atoms with Crippen molar-refractivity contribution >= 4 is 5.97 Å². The number of carbonyl (C=O) groups excluding carboxylic acids is 1. The highest BCUT2D eigenvalue weighted by molar-refractivity contribution is 5.88. The molecule has 0 bridgehead atoms. The summed E-state index contributed by atoms with van der Waals surface area (Å²) in [5.41, 5.74) is 1.36. The molecule has 16 heavy (non-hydrogen) atoms. The fraction of sp³-hybridized carbons (Fsp3) is 0.154. The minimum atomic E-state index is -0.421. The number of benzene rings is 1. The van der Waals surface area contributed by atoms with Crippen LogP contribution < -0.4 is 4.74 Å². The second-order valence-electron chi connectivity index (χ2n) is 3.29. The van der Waals surface area contributed by atoms with Gasteiger partial charge < -0.3 is 9.47 Å². The quantitative estimate of drug-likeness (QED) is 0.330. The molecule has 0 aliphatic carbocycles. The van der Waals surface area contributed by atoms with Crippen molar-refractivity contribution in [3.8, 4) is 5.75 Å². The van der Waals surface area contributed by atoms with Crippen LogP contribution in [0.2, 0.25) is 0 Å². The number of rotatable bonds is 5. The zero-order valence-electron chi connectivity index (χ0n) is 9.23. The molecule has 1 aromatic rings. The molecule has 0 saturated carbocycles. The van der Waals surface area contributed by atoms with Crippen LogP contribution in [0, 0.1) is 0 Å². The second kappa shape index (κ2) is 5.75. The van der Waals surface area contributed by atoms with Gasteiger partial charge in [-0.15, -0.1) is 0 Å². The molecule has 0 unspecified atom stereocenters. The Bertz CT molecular complexity index is 390. The Hall–Kier alpha value is -2.03. The normalized spacial score (nSPS) is 9.31. The molecule has 0 N–H and O–H groups in total. The van der Waals surface area contributed by atoms with Crippen molar-refractivity contribution in [1.29, 1.82) is 0 Å². The highest BCUT2D eigenvalue weighted by Crippen LogP contribution is 2.14. The Kier molecular flexibility index (Phi) is 4.33. The maximum atomic E-state index is 11.2. The van der Waals surface area contributed by atoms with Crippen LogP contribution in [0.1, 0.15) is 12.5 Å². The highest BCUT2D eigenvalue weighted by atomic mass is 16.5. The fourth-order valence-corrected chi connectivity index (χ4v) is 1.00. The number of hydrogen-bond donors (Lipinski definition) is 0. The zero-order chi connectivity index (χ0) is 12.0. The summed E-state index contributed by atoms with van der Waals surface area (Å²) < 4.78 is 10.1. The summed E-state index contributed by atoms with van der Waals surface area (Å²) in [6, 6.07) is 7.07. The average Bonchev–Trinajstić information content (AvgIpc) is 2.28. The minimum Gasteiger partial charge on any atom is -0.497 e. The molecule has 0 atom stereocenters. The molecule has 0 aromatic heterocycles. The predicted molar refractivity (Wildman–Crippen MR) is 61.9 cm³/mol. The Labute approximate surface area is 95.0 Å². The van der Waals surface area contributed by atoms with E-state index in [1.54, 1.807) is 19.1 Å². The van der Waals surface area contributed by atoms with E-state index in [2.05, 4.69) is 13.2 Å². The number of esters is 1. The number of carbonyl (C=O) groups is 1. The van der Waals surface area contributed by atoms with E-state index in [1.807, 2.05) is 12.1 Å². The standard InChI is InChI=1S/C13H14O3/c1-4-15-9-11-5-7-12(8-6-11)16-13(14)10(2)3/h4-8H,1-2,9H2,3H3. The molecule has 0 radical (unpaired) electrons. The van der Waals surface area contributed by atoms with Crippen LogP contribution in [0.4, 0.5) is 0 Å². The van der Waals surface area contributed by atoms with Crippen LogP contribution in [0.15, 0.2) is 49.3 Å². The first-order valence-corrected chi connectivity index (χ1v) is 4.82. The lowest BCUT2D eigenvalue weighted by molar-refractivity contribution is -0.130. The van der Waals surface area contributed by atoms with E-state index in [-0.39, 0.29) is 0 Å². The Morgan fingerprint density at radius 1 is 1.38 bits per heavy atom. The first-order chi connectivity index (χ1) is 7.63. The monoisotopic (exact) mass is 218 g/mol. The summed E-state index contributed by atoms with van der Waals surface area (Å²) >= 11 is 0. The number of ether oxygens (including phenoxy) is 2. The van der Waals surface area contributed by atoms with E-state index in [1.165, 1.54) is 6.26 Å². The third-order valence-electron chi connectivity index (χ3n) is 1.85. The van der Waals surface area contributed by atoms with Crippen LogP contribution in [-0.2, 0) is 16.1 Å². The van der Waals surface area contributed by atoms with Crippen LogP contribution in [-0.4, -0.2) is 5.97 Å². The van der Waals surface area contributed by atoms with Crippen molar-refractivity contribution in [2.45, 2.75) is 13.5 Å². The first kappa shape index (κ1) is 12.0. The molecule has 0 aliphatic heterocycles. The van der Waals surface area contributed by atoms with Gasteiger partial charge in [-0.1, -0.05) is 25.3 Å². The summed E-state index contributed by atoms with van der Waals surface area (Å²) in [7, 11) is 0. The average molecular weight is 218 g/mol. The van der Waals surface area contributed by atoms with Crippen molar-refractivity contribution in [2.75, 3.05) is 0 Å². The second-order valence-corrected chi connectivity index (χ2v) is 3.29. The van der Waals surface area contributed by atoms with Gasteiger partial charge in [-0.25, -0.2) is 4.79 Å². The van der Waals surface area contributed by atoms with Crippen molar-refractivity contribution in [3.63, 3.8) is 0 Å². The van der Waals surface area contributed by atoms with Crippen molar-refractivity contribution in [1.82, 2.24) is 0 Å². The van der Waals surface area contributed by atoms with Gasteiger partial charge in [0.1, 0.15) is 12.4 Å². The predicted octanol–water partition coefficient (Wildman–Crippen LogP) is 2.83. The molecule has 0 amide bonds. The third kappa shape index (κ3) is 3.61. The zero-order valence-corrected chi connectivity index (χ0v) is 9.23. The van der Waals surface area contributed by atoms with Gasteiger partial charge in [0.25, 0.3) is 0 Å². The van der Waals surface area contributed by atoms with Gasteiger partial charge in [-0.3, -0.25) is 0 Å². The molecule has 84 valence electrons.